The number of allylic oxidation sites excluding steroid dienone is 1. The molecule has 1 amide bonds. The molecule has 0 bridgehead atoms. The van der Waals surface area contributed by atoms with Gasteiger partial charge < -0.3 is 5.32 Å². The van der Waals surface area contributed by atoms with Crippen molar-refractivity contribution in [3.8, 4) is 0 Å². The molecule has 7 heteroatoms. The van der Waals surface area contributed by atoms with Gasteiger partial charge in [0.25, 0.3) is 0 Å². The number of sulfonamides is 1. The van der Waals surface area contributed by atoms with Gasteiger partial charge in [0.1, 0.15) is 0 Å². The molecule has 1 heterocycles. The third-order valence-corrected chi connectivity index (χ3v) is 5.79. The molecule has 1 aliphatic rings. The van der Waals surface area contributed by atoms with Crippen LogP contribution in [0, 0.1) is 0 Å². The molecule has 0 aliphatic carbocycles. The minimum atomic E-state index is -3.22. The highest BCUT2D eigenvalue weighted by Gasteiger charge is 2.14. The van der Waals surface area contributed by atoms with Gasteiger partial charge in [-0.15, -0.1) is 0 Å². The van der Waals surface area contributed by atoms with Crippen molar-refractivity contribution in [1.29, 1.82) is 0 Å². The molecule has 0 saturated heterocycles. The number of amides is 1. The summed E-state index contributed by atoms with van der Waals surface area (Å²) in [4.78, 5) is 11.9. The molecule has 0 atom stereocenters. The lowest BCUT2D eigenvalue weighted by Crippen LogP contribution is -2.31. The second-order valence-corrected chi connectivity index (χ2v) is 8.59. The van der Waals surface area contributed by atoms with E-state index in [1.807, 2.05) is 36.6 Å². The van der Waals surface area contributed by atoms with Gasteiger partial charge in [-0.1, -0.05) is 0 Å². The highest BCUT2D eigenvalue weighted by molar-refractivity contribution is 7.90. The monoisotopic (exact) mass is 364 g/mol. The van der Waals surface area contributed by atoms with Crippen LogP contribution in [0.15, 0.2) is 36.4 Å². The molecule has 0 radical (unpaired) electrons. The van der Waals surface area contributed by atoms with Crippen molar-refractivity contribution < 1.29 is 17.8 Å². The Hall–Kier alpha value is -1.99. The zero-order valence-corrected chi connectivity index (χ0v) is 15.6. The molecule has 0 spiro atoms. The molecule has 0 aromatic heterocycles. The van der Waals surface area contributed by atoms with Gasteiger partial charge in [-0.2, -0.15) is 4.58 Å². The molecule has 0 fully saturated rings. The molecular weight excluding hydrogens is 338 g/mol. The van der Waals surface area contributed by atoms with E-state index in [-0.39, 0.29) is 5.91 Å². The van der Waals surface area contributed by atoms with E-state index in [1.54, 1.807) is 13.8 Å². The lowest BCUT2D eigenvalue weighted by Gasteiger charge is -2.09. The number of nitrogens with one attached hydrogen (secondary N) is 2. The van der Waals surface area contributed by atoms with Crippen LogP contribution in [0.4, 0.5) is 11.4 Å². The van der Waals surface area contributed by atoms with Crippen molar-refractivity contribution in [2.75, 3.05) is 18.4 Å². The summed E-state index contributed by atoms with van der Waals surface area (Å²) in [5.41, 5.74) is 1.85. The van der Waals surface area contributed by atoms with Crippen molar-refractivity contribution in [1.82, 2.24) is 4.72 Å². The lowest BCUT2D eigenvalue weighted by atomic mass is 10.2. The van der Waals surface area contributed by atoms with Gasteiger partial charge in [0, 0.05) is 36.9 Å². The minimum Gasteiger partial charge on any atom is -0.326 e. The predicted molar refractivity (Wildman–Crippen MR) is 101 cm³/mol. The number of unbranched alkanes of at least 4 members (excludes halogenated alkanes) is 1. The number of nitrogens with zero attached hydrogens (tertiary/aromatic N) is 1. The standard InChI is InChI=1S/C18H25N3O3S/c1-15(2)25(23,24)19-12-4-3-7-18(22)20-16-8-10-17(11-9-16)21-13-5-6-14-21/h5-6,8-11,13,15,19H,3-4,7,12,14H2,1-2H3/p+1. The largest absolute Gasteiger partial charge is 0.326 e. The van der Waals surface area contributed by atoms with Crippen molar-refractivity contribution in [2.45, 2.75) is 38.4 Å². The molecule has 1 aliphatic heterocycles. The molecule has 136 valence electrons. The van der Waals surface area contributed by atoms with Crippen LogP contribution in [-0.2, 0) is 14.8 Å². The van der Waals surface area contributed by atoms with Crippen molar-refractivity contribution >= 4 is 33.5 Å². The molecular formula is C18H26N3O3S+. The lowest BCUT2D eigenvalue weighted by molar-refractivity contribution is -0.418. The van der Waals surface area contributed by atoms with E-state index in [0.29, 0.717) is 25.8 Å². The Morgan fingerprint density at radius 2 is 1.92 bits per heavy atom. The molecule has 2 rings (SSSR count). The zero-order valence-electron chi connectivity index (χ0n) is 14.7. The number of carbonyl (C=O) groups excluding carboxylic acids is 1. The fourth-order valence-corrected chi connectivity index (χ4v) is 3.11. The van der Waals surface area contributed by atoms with E-state index in [9.17, 15) is 13.2 Å². The fourth-order valence-electron chi connectivity index (χ4n) is 2.34. The van der Waals surface area contributed by atoms with E-state index in [1.165, 1.54) is 0 Å². The number of hydrogen-bond donors (Lipinski definition) is 2. The zero-order chi connectivity index (χ0) is 18.3. The molecule has 1 aromatic carbocycles. The van der Waals surface area contributed by atoms with Crippen LogP contribution in [0.25, 0.3) is 0 Å². The summed E-state index contributed by atoms with van der Waals surface area (Å²) in [5, 5.41) is 2.43. The van der Waals surface area contributed by atoms with Crippen LogP contribution in [0.2, 0.25) is 0 Å². The van der Waals surface area contributed by atoms with Gasteiger partial charge in [0.05, 0.1) is 5.25 Å². The van der Waals surface area contributed by atoms with Crippen LogP contribution in [0.3, 0.4) is 0 Å². The first-order valence-electron chi connectivity index (χ1n) is 8.53. The van der Waals surface area contributed by atoms with Crippen molar-refractivity contribution in [3.63, 3.8) is 0 Å². The van der Waals surface area contributed by atoms with E-state index >= 15 is 0 Å². The Bertz CT molecular complexity index is 750. The second-order valence-electron chi connectivity index (χ2n) is 6.27. The summed E-state index contributed by atoms with van der Waals surface area (Å²) in [5.74, 6) is -0.0612. The van der Waals surface area contributed by atoms with Gasteiger partial charge in [-0.25, -0.2) is 13.1 Å². The third kappa shape index (κ3) is 6.10. The van der Waals surface area contributed by atoms with Crippen LogP contribution in [0.1, 0.15) is 33.1 Å². The SMILES string of the molecule is CC(C)S(=O)(=O)NCCCCC(=O)Nc1ccc([N+]2=CC=CC2)cc1. The third-order valence-electron chi connectivity index (χ3n) is 3.94. The summed E-state index contributed by atoms with van der Waals surface area (Å²) in [6, 6.07) is 7.71. The van der Waals surface area contributed by atoms with Gasteiger partial charge in [-0.3, -0.25) is 4.79 Å². The molecule has 0 unspecified atom stereocenters. The second kappa shape index (κ2) is 8.92. The Morgan fingerprint density at radius 1 is 1.20 bits per heavy atom. The maximum Gasteiger partial charge on any atom is 0.224 e. The quantitative estimate of drug-likeness (QED) is 0.522. The normalized spacial score (nSPS) is 14.0. The van der Waals surface area contributed by atoms with Crippen LogP contribution in [0.5, 0.6) is 0 Å². The summed E-state index contributed by atoms with van der Waals surface area (Å²) < 4.78 is 27.8. The molecule has 1 aromatic rings. The highest BCUT2D eigenvalue weighted by Crippen LogP contribution is 2.17. The Balaban J connectivity index is 1.68. The fraction of sp³-hybridized carbons (Fsp3) is 0.444. The summed E-state index contributed by atoms with van der Waals surface area (Å²) in [6.07, 6.45) is 7.75. The first-order valence-corrected chi connectivity index (χ1v) is 10.1. The average Bonchev–Trinajstić information content (AvgIpc) is 3.09. The van der Waals surface area contributed by atoms with E-state index in [0.717, 1.165) is 17.9 Å². The van der Waals surface area contributed by atoms with Gasteiger partial charge in [-0.05, 0) is 44.9 Å². The number of hydrogen-bond acceptors (Lipinski definition) is 3. The number of anilines is 1. The Kier molecular flexibility index (Phi) is 6.90. The topological polar surface area (TPSA) is 78.3 Å². The Labute approximate surface area is 149 Å². The number of rotatable bonds is 9. The highest BCUT2D eigenvalue weighted by atomic mass is 32.2. The predicted octanol–water partition coefficient (Wildman–Crippen LogP) is 2.41. The van der Waals surface area contributed by atoms with Crippen molar-refractivity contribution in [2.24, 2.45) is 0 Å². The van der Waals surface area contributed by atoms with Crippen LogP contribution in [-0.4, -0.2) is 43.5 Å². The van der Waals surface area contributed by atoms with E-state index in [4.69, 9.17) is 0 Å². The van der Waals surface area contributed by atoms with Gasteiger partial charge in [0.15, 0.2) is 12.8 Å². The van der Waals surface area contributed by atoms with Crippen molar-refractivity contribution in [3.05, 3.63) is 36.4 Å². The first kappa shape index (κ1) is 19.3. The van der Waals surface area contributed by atoms with Gasteiger partial charge >= 0.3 is 0 Å². The average molecular weight is 364 g/mol. The molecule has 2 N–H and O–H groups in total. The molecule has 6 nitrogen and oxygen atoms in total. The van der Waals surface area contributed by atoms with Gasteiger partial charge in [0.2, 0.25) is 21.6 Å². The maximum absolute atomic E-state index is 11.9. The summed E-state index contributed by atoms with van der Waals surface area (Å²) in [7, 11) is -3.22. The van der Waals surface area contributed by atoms with E-state index in [2.05, 4.69) is 20.7 Å². The van der Waals surface area contributed by atoms with E-state index < -0.39 is 15.3 Å². The Morgan fingerprint density at radius 3 is 2.52 bits per heavy atom. The number of benzene rings is 1. The van der Waals surface area contributed by atoms with Crippen LogP contribution < -0.4 is 10.0 Å². The maximum atomic E-state index is 11.9. The summed E-state index contributed by atoms with van der Waals surface area (Å²) >= 11 is 0. The smallest absolute Gasteiger partial charge is 0.224 e. The van der Waals surface area contributed by atoms with Crippen LogP contribution >= 0.6 is 0 Å². The summed E-state index contributed by atoms with van der Waals surface area (Å²) in [6.45, 7) is 4.51. The first-order chi connectivity index (χ1) is 11.9. The minimum absolute atomic E-state index is 0.0612. The number of carbonyl (C=O) groups is 1. The molecule has 25 heavy (non-hydrogen) atoms. The molecule has 0 saturated carbocycles.